The van der Waals surface area contributed by atoms with E-state index in [1.165, 1.54) is 13.2 Å². The van der Waals surface area contributed by atoms with Crippen LogP contribution in [0.5, 0.6) is 5.75 Å². The quantitative estimate of drug-likeness (QED) is 0.700. The summed E-state index contributed by atoms with van der Waals surface area (Å²) in [6, 6.07) is 4.84. The molecule has 2 rings (SSSR count). The highest BCUT2D eigenvalue weighted by Gasteiger charge is 2.32. The largest absolute Gasteiger partial charge is 0.497 e. The zero-order valence-electron chi connectivity index (χ0n) is 7.97. The van der Waals surface area contributed by atoms with Crippen molar-refractivity contribution in [3.05, 3.63) is 29.6 Å². The van der Waals surface area contributed by atoms with E-state index in [0.29, 0.717) is 17.2 Å². The summed E-state index contributed by atoms with van der Waals surface area (Å²) < 4.78 is 18.4. The highest BCUT2D eigenvalue weighted by Crippen LogP contribution is 2.45. The van der Waals surface area contributed by atoms with Gasteiger partial charge in [-0.3, -0.25) is 0 Å². The number of alkyl halides is 1. The van der Waals surface area contributed by atoms with E-state index in [0.717, 1.165) is 12.8 Å². The van der Waals surface area contributed by atoms with Crippen molar-refractivity contribution < 1.29 is 9.13 Å². The molecule has 1 fully saturated rings. The lowest BCUT2D eigenvalue weighted by Gasteiger charge is -2.10. The van der Waals surface area contributed by atoms with Crippen LogP contribution in [-0.4, -0.2) is 7.11 Å². The maximum Gasteiger partial charge on any atom is 0.131 e. The van der Waals surface area contributed by atoms with Crippen molar-refractivity contribution in [3.63, 3.8) is 0 Å². The summed E-state index contributed by atoms with van der Waals surface area (Å²) in [5.41, 5.74) is 0.593. The lowest BCUT2D eigenvalue weighted by molar-refractivity contribution is 0.410. The first-order valence-electron chi connectivity index (χ1n) is 4.70. The third kappa shape index (κ3) is 1.85. The molecule has 0 radical (unpaired) electrons. The van der Waals surface area contributed by atoms with Crippen LogP contribution in [0.15, 0.2) is 18.2 Å². The van der Waals surface area contributed by atoms with Crippen LogP contribution in [0.3, 0.4) is 0 Å². The van der Waals surface area contributed by atoms with Crippen molar-refractivity contribution in [2.75, 3.05) is 7.11 Å². The van der Waals surface area contributed by atoms with Crippen molar-refractivity contribution in [1.82, 2.24) is 0 Å². The third-order valence-electron chi connectivity index (χ3n) is 2.54. The molecule has 1 nitrogen and oxygen atoms in total. The van der Waals surface area contributed by atoms with E-state index in [1.807, 2.05) is 0 Å². The number of benzene rings is 1. The number of halogens is 2. The number of rotatable bonds is 3. The Morgan fingerprint density at radius 3 is 2.71 bits per heavy atom. The van der Waals surface area contributed by atoms with Crippen LogP contribution in [-0.2, 0) is 0 Å². The molecule has 1 aliphatic rings. The minimum Gasteiger partial charge on any atom is -0.497 e. The van der Waals surface area contributed by atoms with E-state index in [2.05, 4.69) is 0 Å². The van der Waals surface area contributed by atoms with Crippen molar-refractivity contribution in [2.24, 2.45) is 5.92 Å². The first-order valence-corrected chi connectivity index (χ1v) is 5.13. The fourth-order valence-electron chi connectivity index (χ4n) is 1.50. The number of ether oxygens (including phenoxy) is 1. The highest BCUT2D eigenvalue weighted by atomic mass is 35.5. The number of hydrogen-bond acceptors (Lipinski definition) is 1. The molecule has 0 amide bonds. The Morgan fingerprint density at radius 1 is 1.50 bits per heavy atom. The van der Waals surface area contributed by atoms with Gasteiger partial charge < -0.3 is 4.74 Å². The molecule has 14 heavy (non-hydrogen) atoms. The van der Waals surface area contributed by atoms with Crippen molar-refractivity contribution in [2.45, 2.75) is 18.2 Å². The van der Waals surface area contributed by atoms with Crippen LogP contribution in [0.2, 0.25) is 0 Å². The van der Waals surface area contributed by atoms with Gasteiger partial charge in [-0.2, -0.15) is 0 Å². The zero-order valence-corrected chi connectivity index (χ0v) is 8.72. The summed E-state index contributed by atoms with van der Waals surface area (Å²) in [7, 11) is 1.52. The Bertz CT molecular complexity index is 336. The molecule has 0 spiro atoms. The molecule has 0 saturated heterocycles. The summed E-state index contributed by atoms with van der Waals surface area (Å²) in [6.45, 7) is 0. The van der Waals surface area contributed by atoms with Gasteiger partial charge in [-0.25, -0.2) is 4.39 Å². The van der Waals surface area contributed by atoms with Crippen LogP contribution in [0.1, 0.15) is 23.8 Å². The van der Waals surface area contributed by atoms with Crippen LogP contribution in [0.25, 0.3) is 0 Å². The average molecular weight is 215 g/mol. The Balaban J connectivity index is 2.24. The van der Waals surface area contributed by atoms with Gasteiger partial charge in [0.1, 0.15) is 11.6 Å². The van der Waals surface area contributed by atoms with Gasteiger partial charge >= 0.3 is 0 Å². The summed E-state index contributed by atoms with van der Waals surface area (Å²) in [5, 5.41) is -0.180. The minimum atomic E-state index is -0.267. The maximum absolute atomic E-state index is 13.5. The van der Waals surface area contributed by atoms with Crippen LogP contribution >= 0.6 is 11.6 Å². The standard InChI is InChI=1S/C11H12ClFO/c1-14-8-4-5-9(10(13)6-8)11(12)7-2-3-7/h4-7,11H,2-3H2,1H3. The van der Waals surface area contributed by atoms with Gasteiger partial charge in [0.2, 0.25) is 0 Å². The molecule has 1 aliphatic carbocycles. The number of hydrogen-bond donors (Lipinski definition) is 0. The highest BCUT2D eigenvalue weighted by molar-refractivity contribution is 6.21. The molecular formula is C11H12ClFO. The van der Waals surface area contributed by atoms with Crippen molar-refractivity contribution in [1.29, 1.82) is 0 Å². The molecule has 1 aromatic rings. The van der Waals surface area contributed by atoms with Gasteiger partial charge in [0, 0.05) is 11.6 Å². The van der Waals surface area contributed by atoms with E-state index < -0.39 is 0 Å². The van der Waals surface area contributed by atoms with E-state index in [-0.39, 0.29) is 11.2 Å². The average Bonchev–Trinajstić information content (AvgIpc) is 3.00. The Morgan fingerprint density at radius 2 is 2.21 bits per heavy atom. The molecule has 0 bridgehead atoms. The molecule has 0 heterocycles. The first-order chi connectivity index (χ1) is 6.72. The van der Waals surface area contributed by atoms with E-state index >= 15 is 0 Å². The van der Waals surface area contributed by atoms with Crippen LogP contribution in [0, 0.1) is 11.7 Å². The molecule has 1 atom stereocenters. The lowest BCUT2D eigenvalue weighted by atomic mass is 10.1. The minimum absolute atomic E-state index is 0.180. The molecule has 0 aromatic heterocycles. The fourth-order valence-corrected chi connectivity index (χ4v) is 1.93. The summed E-state index contributed by atoms with van der Waals surface area (Å²) in [4.78, 5) is 0. The molecule has 1 unspecified atom stereocenters. The third-order valence-corrected chi connectivity index (χ3v) is 3.13. The Labute approximate surface area is 87.8 Å². The molecule has 1 saturated carbocycles. The first kappa shape index (κ1) is 9.78. The van der Waals surface area contributed by atoms with Crippen LogP contribution in [0.4, 0.5) is 4.39 Å². The second kappa shape index (κ2) is 3.77. The SMILES string of the molecule is COc1ccc(C(Cl)C2CC2)c(F)c1. The Kier molecular flexibility index (Phi) is 2.64. The Hall–Kier alpha value is -0.760. The van der Waals surface area contributed by atoms with E-state index in [4.69, 9.17) is 16.3 Å². The van der Waals surface area contributed by atoms with Gasteiger partial charge in [-0.1, -0.05) is 6.07 Å². The fraction of sp³-hybridized carbons (Fsp3) is 0.455. The molecule has 0 aliphatic heterocycles. The predicted octanol–water partition coefficient (Wildman–Crippen LogP) is 3.52. The zero-order chi connectivity index (χ0) is 10.1. The molecule has 3 heteroatoms. The van der Waals surface area contributed by atoms with Gasteiger partial charge in [0.15, 0.2) is 0 Å². The smallest absolute Gasteiger partial charge is 0.131 e. The van der Waals surface area contributed by atoms with Crippen LogP contribution < -0.4 is 4.74 Å². The second-order valence-electron chi connectivity index (χ2n) is 3.63. The molecular weight excluding hydrogens is 203 g/mol. The van der Waals surface area contributed by atoms with Gasteiger partial charge in [0.25, 0.3) is 0 Å². The topological polar surface area (TPSA) is 9.23 Å². The van der Waals surface area contributed by atoms with Gasteiger partial charge in [0.05, 0.1) is 12.5 Å². The maximum atomic E-state index is 13.5. The van der Waals surface area contributed by atoms with Crippen molar-refractivity contribution in [3.8, 4) is 5.75 Å². The molecule has 1 aromatic carbocycles. The molecule has 0 N–H and O–H groups in total. The van der Waals surface area contributed by atoms with E-state index in [1.54, 1.807) is 12.1 Å². The summed E-state index contributed by atoms with van der Waals surface area (Å²) >= 11 is 6.12. The summed E-state index contributed by atoms with van der Waals surface area (Å²) in [5.74, 6) is 0.724. The normalized spacial score (nSPS) is 17.9. The lowest BCUT2D eigenvalue weighted by Crippen LogP contribution is -1.97. The van der Waals surface area contributed by atoms with Gasteiger partial charge in [-0.05, 0) is 24.8 Å². The van der Waals surface area contributed by atoms with Crippen molar-refractivity contribution >= 4 is 11.6 Å². The van der Waals surface area contributed by atoms with Gasteiger partial charge in [-0.15, -0.1) is 11.6 Å². The number of methoxy groups -OCH3 is 1. The monoisotopic (exact) mass is 214 g/mol. The predicted molar refractivity (Wildman–Crippen MR) is 54.3 cm³/mol. The second-order valence-corrected chi connectivity index (χ2v) is 4.10. The molecule has 76 valence electrons. The summed E-state index contributed by atoms with van der Waals surface area (Å²) in [6.07, 6.45) is 2.22. The van der Waals surface area contributed by atoms with E-state index in [9.17, 15) is 4.39 Å².